The monoisotopic (exact) mass is 484 g/mol. The fourth-order valence-electron chi connectivity index (χ4n) is 3.27. The zero-order valence-corrected chi connectivity index (χ0v) is 19.0. The molecule has 0 aliphatic carbocycles. The number of aliphatic imine (C=N–C) groups is 1. The Kier molecular flexibility index (Phi) is 9.87. The average molecular weight is 484 g/mol. The number of thioether (sulfide) groups is 1. The molecule has 0 aromatic heterocycles. The van der Waals surface area contributed by atoms with Crippen LogP contribution in [-0.2, 0) is 9.53 Å². The van der Waals surface area contributed by atoms with E-state index in [9.17, 15) is 4.79 Å². The van der Waals surface area contributed by atoms with Crippen molar-refractivity contribution in [3.05, 3.63) is 0 Å². The van der Waals surface area contributed by atoms with E-state index in [-0.39, 0.29) is 46.6 Å². The fourth-order valence-corrected chi connectivity index (χ4v) is 4.06. The molecule has 2 rings (SSSR count). The summed E-state index contributed by atoms with van der Waals surface area (Å²) in [4.78, 5) is 18.4. The van der Waals surface area contributed by atoms with Gasteiger partial charge in [0, 0.05) is 56.6 Å². The molecular weight excluding hydrogens is 451 g/mol. The molecule has 0 bridgehead atoms. The molecule has 1 unspecified atom stereocenters. The van der Waals surface area contributed by atoms with E-state index in [1.165, 1.54) is 0 Å². The summed E-state index contributed by atoms with van der Waals surface area (Å²) in [6.45, 7) is 8.07. The van der Waals surface area contributed by atoms with Crippen LogP contribution in [0.5, 0.6) is 0 Å². The van der Waals surface area contributed by atoms with Crippen LogP contribution in [-0.4, -0.2) is 73.7 Å². The van der Waals surface area contributed by atoms with Crippen LogP contribution in [0.3, 0.4) is 0 Å². The molecule has 6 nitrogen and oxygen atoms in total. The molecule has 0 aromatic carbocycles. The Bertz CT molecular complexity index is 456. The first-order chi connectivity index (χ1) is 11.5. The predicted molar refractivity (Wildman–Crippen MR) is 116 cm³/mol. The lowest BCUT2D eigenvalue weighted by atomic mass is 9.99. The van der Waals surface area contributed by atoms with E-state index in [0.29, 0.717) is 0 Å². The van der Waals surface area contributed by atoms with Crippen molar-refractivity contribution in [2.75, 3.05) is 46.2 Å². The van der Waals surface area contributed by atoms with Crippen molar-refractivity contribution in [2.45, 2.75) is 43.9 Å². The SMILES string of the molecule is CN=C(NCC1(SC)CCOCC1)NC1CCN(C(=O)C(C)C)C1.I. The second kappa shape index (κ2) is 10.8. The summed E-state index contributed by atoms with van der Waals surface area (Å²) in [5.41, 5.74) is 0. The Balaban J connectivity index is 0.00000312. The van der Waals surface area contributed by atoms with Gasteiger partial charge < -0.3 is 20.3 Å². The van der Waals surface area contributed by atoms with Crippen LogP contribution in [0.4, 0.5) is 0 Å². The number of guanidine groups is 1. The third-order valence-corrected chi connectivity index (χ3v) is 6.39. The Hall–Kier alpha value is -0.220. The Morgan fingerprint density at radius 2 is 2.08 bits per heavy atom. The van der Waals surface area contributed by atoms with E-state index in [1.807, 2.05) is 30.5 Å². The van der Waals surface area contributed by atoms with Crippen molar-refractivity contribution in [3.63, 3.8) is 0 Å². The zero-order chi connectivity index (χ0) is 17.6. The highest BCUT2D eigenvalue weighted by molar-refractivity contribution is 14.0. The van der Waals surface area contributed by atoms with Crippen LogP contribution in [0.1, 0.15) is 33.1 Å². The van der Waals surface area contributed by atoms with Crippen molar-refractivity contribution < 1.29 is 9.53 Å². The largest absolute Gasteiger partial charge is 0.381 e. The second-order valence-corrected chi connectivity index (χ2v) is 8.27. The standard InChI is InChI=1S/C17H32N4O2S.HI/c1-13(2)15(22)21-8-5-14(11-21)20-16(18-3)19-12-17(24-4)6-9-23-10-7-17;/h13-14H,5-12H2,1-4H3,(H2,18,19,20);1H. The summed E-state index contributed by atoms with van der Waals surface area (Å²) < 4.78 is 5.72. The molecule has 25 heavy (non-hydrogen) atoms. The Morgan fingerprint density at radius 1 is 1.40 bits per heavy atom. The maximum atomic E-state index is 12.1. The van der Waals surface area contributed by atoms with Crippen molar-refractivity contribution in [1.82, 2.24) is 15.5 Å². The van der Waals surface area contributed by atoms with Crippen LogP contribution in [0, 0.1) is 5.92 Å². The molecule has 2 N–H and O–H groups in total. The molecule has 2 fully saturated rings. The van der Waals surface area contributed by atoms with Crippen molar-refractivity contribution >= 4 is 47.6 Å². The summed E-state index contributed by atoms with van der Waals surface area (Å²) in [5, 5.41) is 6.96. The van der Waals surface area contributed by atoms with Gasteiger partial charge in [0.2, 0.25) is 5.91 Å². The lowest BCUT2D eigenvalue weighted by Gasteiger charge is -2.36. The van der Waals surface area contributed by atoms with E-state index in [4.69, 9.17) is 4.74 Å². The van der Waals surface area contributed by atoms with Gasteiger partial charge in [-0.25, -0.2) is 0 Å². The predicted octanol–water partition coefficient (Wildman–Crippen LogP) is 1.94. The number of carbonyl (C=O) groups excluding carboxylic acids is 1. The highest BCUT2D eigenvalue weighted by Crippen LogP contribution is 2.32. The molecule has 146 valence electrons. The van der Waals surface area contributed by atoms with Crippen molar-refractivity contribution in [1.29, 1.82) is 0 Å². The third-order valence-electron chi connectivity index (χ3n) is 4.97. The minimum Gasteiger partial charge on any atom is -0.381 e. The van der Waals surface area contributed by atoms with Gasteiger partial charge in [0.1, 0.15) is 0 Å². The number of hydrogen-bond donors (Lipinski definition) is 2. The molecule has 0 saturated carbocycles. The third kappa shape index (κ3) is 6.46. The Labute approximate surface area is 173 Å². The van der Waals surface area contributed by atoms with E-state index in [2.05, 4.69) is 21.9 Å². The molecule has 8 heteroatoms. The average Bonchev–Trinajstić information content (AvgIpc) is 3.07. The molecule has 1 amide bonds. The van der Waals surface area contributed by atoms with Gasteiger partial charge in [-0.3, -0.25) is 9.79 Å². The minimum absolute atomic E-state index is 0. The maximum Gasteiger partial charge on any atom is 0.225 e. The van der Waals surface area contributed by atoms with E-state index in [0.717, 1.165) is 58.1 Å². The number of likely N-dealkylation sites (tertiary alicyclic amines) is 1. The van der Waals surface area contributed by atoms with Gasteiger partial charge in [-0.15, -0.1) is 24.0 Å². The first-order valence-electron chi connectivity index (χ1n) is 8.88. The van der Waals surface area contributed by atoms with Gasteiger partial charge in [-0.2, -0.15) is 11.8 Å². The van der Waals surface area contributed by atoms with Gasteiger partial charge in [-0.05, 0) is 25.5 Å². The minimum atomic E-state index is 0. The molecule has 0 spiro atoms. The summed E-state index contributed by atoms with van der Waals surface area (Å²) in [7, 11) is 1.80. The number of carbonyl (C=O) groups is 1. The molecule has 2 aliphatic rings. The van der Waals surface area contributed by atoms with Gasteiger partial charge in [0.15, 0.2) is 5.96 Å². The number of hydrogen-bond acceptors (Lipinski definition) is 4. The summed E-state index contributed by atoms with van der Waals surface area (Å²) >= 11 is 1.92. The highest BCUT2D eigenvalue weighted by Gasteiger charge is 2.32. The number of ether oxygens (including phenoxy) is 1. The van der Waals surface area contributed by atoms with Gasteiger partial charge in [-0.1, -0.05) is 13.8 Å². The lowest BCUT2D eigenvalue weighted by Crippen LogP contribution is -2.50. The molecule has 0 radical (unpaired) electrons. The van der Waals surface area contributed by atoms with E-state index >= 15 is 0 Å². The summed E-state index contributed by atoms with van der Waals surface area (Å²) in [6.07, 6.45) is 5.28. The summed E-state index contributed by atoms with van der Waals surface area (Å²) in [5.74, 6) is 1.14. The molecule has 1 atom stereocenters. The zero-order valence-electron chi connectivity index (χ0n) is 15.8. The number of rotatable bonds is 5. The maximum absolute atomic E-state index is 12.1. The van der Waals surface area contributed by atoms with Crippen LogP contribution >= 0.6 is 35.7 Å². The number of nitrogens with one attached hydrogen (secondary N) is 2. The molecular formula is C17H33IN4O2S. The van der Waals surface area contributed by atoms with Crippen LogP contribution in [0.2, 0.25) is 0 Å². The normalized spacial score (nSPS) is 23.3. The van der Waals surface area contributed by atoms with E-state index in [1.54, 1.807) is 7.05 Å². The molecule has 2 aliphatic heterocycles. The summed E-state index contributed by atoms with van der Waals surface area (Å²) in [6, 6.07) is 0.277. The number of amides is 1. The van der Waals surface area contributed by atoms with E-state index < -0.39 is 0 Å². The first kappa shape index (κ1) is 22.8. The van der Waals surface area contributed by atoms with Crippen LogP contribution < -0.4 is 10.6 Å². The topological polar surface area (TPSA) is 66.0 Å². The van der Waals surface area contributed by atoms with Crippen molar-refractivity contribution in [3.8, 4) is 0 Å². The molecule has 2 heterocycles. The smallest absolute Gasteiger partial charge is 0.225 e. The van der Waals surface area contributed by atoms with Crippen molar-refractivity contribution in [2.24, 2.45) is 10.9 Å². The highest BCUT2D eigenvalue weighted by atomic mass is 127. The quantitative estimate of drug-likeness (QED) is 0.355. The van der Waals surface area contributed by atoms with Gasteiger partial charge in [0.25, 0.3) is 0 Å². The van der Waals surface area contributed by atoms with Gasteiger partial charge >= 0.3 is 0 Å². The molecule has 0 aromatic rings. The first-order valence-corrected chi connectivity index (χ1v) is 10.1. The Morgan fingerprint density at radius 3 is 2.64 bits per heavy atom. The van der Waals surface area contributed by atoms with Gasteiger partial charge in [0.05, 0.1) is 0 Å². The second-order valence-electron chi connectivity index (χ2n) is 6.99. The van der Waals surface area contributed by atoms with Crippen LogP contribution in [0.25, 0.3) is 0 Å². The van der Waals surface area contributed by atoms with Crippen LogP contribution in [0.15, 0.2) is 4.99 Å². The number of halogens is 1. The fraction of sp³-hybridized carbons (Fsp3) is 0.882. The number of nitrogens with zero attached hydrogens (tertiary/aromatic N) is 2. The molecule has 2 saturated heterocycles. The lowest BCUT2D eigenvalue weighted by molar-refractivity contribution is -0.133.